The van der Waals surface area contributed by atoms with Gasteiger partial charge in [-0.1, -0.05) is 35.5 Å². The highest BCUT2D eigenvalue weighted by Gasteiger charge is 2.13. The lowest BCUT2D eigenvalue weighted by Crippen LogP contribution is -2.11. The second-order valence-corrected chi connectivity index (χ2v) is 6.68. The maximum absolute atomic E-state index is 13.8. The lowest BCUT2D eigenvalue weighted by atomic mass is 10.2. The van der Waals surface area contributed by atoms with E-state index >= 15 is 0 Å². The SMILES string of the molecule is O=c1[nH]c(CSc2nnc(-c3ccccc3F)o2)nc2ccc(Cl)cc12. The third-order valence-corrected chi connectivity index (χ3v) is 4.62. The monoisotopic (exact) mass is 388 g/mol. The van der Waals surface area contributed by atoms with Crippen molar-refractivity contribution in [3.05, 3.63) is 69.5 Å². The summed E-state index contributed by atoms with van der Waals surface area (Å²) in [5, 5.41) is 8.88. The van der Waals surface area contributed by atoms with Gasteiger partial charge in [-0.25, -0.2) is 9.37 Å². The Balaban J connectivity index is 1.55. The Hall–Kier alpha value is -2.71. The van der Waals surface area contributed by atoms with Crippen molar-refractivity contribution >= 4 is 34.3 Å². The van der Waals surface area contributed by atoms with Gasteiger partial charge in [-0.05, 0) is 30.3 Å². The van der Waals surface area contributed by atoms with Crippen LogP contribution in [0.4, 0.5) is 4.39 Å². The highest BCUT2D eigenvalue weighted by molar-refractivity contribution is 7.98. The van der Waals surface area contributed by atoms with Gasteiger partial charge in [0.1, 0.15) is 11.6 Å². The number of hydrogen-bond acceptors (Lipinski definition) is 6. The fraction of sp³-hybridized carbons (Fsp3) is 0.0588. The first kappa shape index (κ1) is 16.7. The summed E-state index contributed by atoms with van der Waals surface area (Å²) < 4.78 is 19.2. The highest BCUT2D eigenvalue weighted by Crippen LogP contribution is 2.26. The molecule has 0 atom stereocenters. The molecule has 0 saturated carbocycles. The normalized spacial score (nSPS) is 11.2. The Morgan fingerprint density at radius 2 is 2.04 bits per heavy atom. The minimum Gasteiger partial charge on any atom is -0.411 e. The van der Waals surface area contributed by atoms with E-state index in [4.69, 9.17) is 16.0 Å². The molecule has 2 aromatic heterocycles. The van der Waals surface area contributed by atoms with Gasteiger partial charge in [0.05, 0.1) is 22.2 Å². The Morgan fingerprint density at radius 1 is 1.19 bits per heavy atom. The molecule has 2 heterocycles. The van der Waals surface area contributed by atoms with E-state index in [2.05, 4.69) is 20.2 Å². The quantitative estimate of drug-likeness (QED) is 0.531. The maximum Gasteiger partial charge on any atom is 0.277 e. The lowest BCUT2D eigenvalue weighted by molar-refractivity contribution is 0.462. The standard InChI is InChI=1S/C17H10ClFN4O2S/c18-9-5-6-13-11(7-9)15(24)21-14(20-13)8-26-17-23-22-16(25-17)10-3-1-2-4-12(10)19/h1-7H,8H2,(H,20,21,24). The smallest absolute Gasteiger partial charge is 0.277 e. The molecule has 130 valence electrons. The summed E-state index contributed by atoms with van der Waals surface area (Å²) in [6, 6.07) is 11.1. The summed E-state index contributed by atoms with van der Waals surface area (Å²) in [7, 11) is 0. The van der Waals surface area contributed by atoms with Crippen LogP contribution in [0, 0.1) is 5.82 Å². The van der Waals surface area contributed by atoms with Crippen LogP contribution in [0.1, 0.15) is 5.82 Å². The summed E-state index contributed by atoms with van der Waals surface area (Å²) in [4.78, 5) is 19.2. The van der Waals surface area contributed by atoms with Crippen molar-refractivity contribution < 1.29 is 8.81 Å². The number of aromatic nitrogens is 4. The topological polar surface area (TPSA) is 84.7 Å². The zero-order chi connectivity index (χ0) is 18.1. The molecule has 26 heavy (non-hydrogen) atoms. The van der Waals surface area contributed by atoms with Crippen molar-refractivity contribution in [2.24, 2.45) is 0 Å². The first-order chi connectivity index (χ1) is 12.6. The zero-order valence-electron chi connectivity index (χ0n) is 13.1. The number of rotatable bonds is 4. The number of H-pyrrole nitrogens is 1. The summed E-state index contributed by atoms with van der Waals surface area (Å²) in [5.74, 6) is 0.430. The molecule has 4 rings (SSSR count). The highest BCUT2D eigenvalue weighted by atomic mass is 35.5. The third-order valence-electron chi connectivity index (χ3n) is 3.56. The van der Waals surface area contributed by atoms with Crippen LogP contribution in [0.15, 0.2) is 56.9 Å². The molecule has 0 amide bonds. The fourth-order valence-corrected chi connectivity index (χ4v) is 3.17. The molecule has 0 aliphatic heterocycles. The molecule has 0 bridgehead atoms. The fourth-order valence-electron chi connectivity index (χ4n) is 2.37. The molecule has 0 unspecified atom stereocenters. The average molecular weight is 389 g/mol. The summed E-state index contributed by atoms with van der Waals surface area (Å²) in [6.07, 6.45) is 0. The molecular formula is C17H10ClFN4O2S. The predicted molar refractivity (Wildman–Crippen MR) is 96.6 cm³/mol. The van der Waals surface area contributed by atoms with Gasteiger partial charge in [0.15, 0.2) is 0 Å². The third kappa shape index (κ3) is 3.33. The van der Waals surface area contributed by atoms with Crippen LogP contribution in [0.2, 0.25) is 5.02 Å². The molecule has 9 heteroatoms. The van der Waals surface area contributed by atoms with Crippen molar-refractivity contribution in [2.45, 2.75) is 11.0 Å². The van der Waals surface area contributed by atoms with Crippen molar-refractivity contribution in [1.82, 2.24) is 20.2 Å². The Kier molecular flexibility index (Phi) is 4.44. The van der Waals surface area contributed by atoms with Gasteiger partial charge in [-0.3, -0.25) is 4.79 Å². The number of thioether (sulfide) groups is 1. The zero-order valence-corrected chi connectivity index (χ0v) is 14.6. The van der Waals surface area contributed by atoms with Crippen LogP contribution in [-0.2, 0) is 5.75 Å². The molecule has 0 fully saturated rings. The van der Waals surface area contributed by atoms with Crippen LogP contribution < -0.4 is 5.56 Å². The van der Waals surface area contributed by atoms with Gasteiger partial charge in [0, 0.05) is 5.02 Å². The molecule has 4 aromatic rings. The van der Waals surface area contributed by atoms with Crippen molar-refractivity contribution in [3.63, 3.8) is 0 Å². The number of nitrogens with zero attached hydrogens (tertiary/aromatic N) is 3. The number of fused-ring (bicyclic) bond motifs is 1. The van der Waals surface area contributed by atoms with E-state index in [0.29, 0.717) is 27.5 Å². The summed E-state index contributed by atoms with van der Waals surface area (Å²) in [6.45, 7) is 0. The van der Waals surface area contributed by atoms with Crippen LogP contribution in [0.5, 0.6) is 0 Å². The minimum absolute atomic E-state index is 0.0974. The Labute approximate surface area is 155 Å². The van der Waals surface area contributed by atoms with Gasteiger partial charge in [-0.15, -0.1) is 10.2 Å². The van der Waals surface area contributed by atoms with Gasteiger partial charge in [0.25, 0.3) is 16.7 Å². The second kappa shape index (κ2) is 6.89. The number of benzene rings is 2. The van der Waals surface area contributed by atoms with Crippen molar-refractivity contribution in [3.8, 4) is 11.5 Å². The largest absolute Gasteiger partial charge is 0.411 e. The van der Waals surface area contributed by atoms with Crippen LogP contribution >= 0.6 is 23.4 Å². The van der Waals surface area contributed by atoms with Crippen LogP contribution in [0.25, 0.3) is 22.4 Å². The lowest BCUT2D eigenvalue weighted by Gasteiger charge is -2.01. The molecule has 0 spiro atoms. The van der Waals surface area contributed by atoms with Crippen LogP contribution in [0.3, 0.4) is 0 Å². The van der Waals surface area contributed by atoms with E-state index in [1.165, 1.54) is 17.8 Å². The van der Waals surface area contributed by atoms with Crippen molar-refractivity contribution in [2.75, 3.05) is 0 Å². The van der Waals surface area contributed by atoms with E-state index < -0.39 is 5.82 Å². The van der Waals surface area contributed by atoms with E-state index in [-0.39, 0.29) is 22.2 Å². The predicted octanol–water partition coefficient (Wildman–Crippen LogP) is 4.06. The first-order valence-corrected chi connectivity index (χ1v) is 8.86. The maximum atomic E-state index is 13.8. The Bertz CT molecular complexity index is 1160. The second-order valence-electron chi connectivity index (χ2n) is 5.32. The molecule has 0 saturated heterocycles. The van der Waals surface area contributed by atoms with Gasteiger partial charge in [0.2, 0.25) is 0 Å². The number of halogens is 2. The molecular weight excluding hydrogens is 379 g/mol. The molecule has 0 aliphatic carbocycles. The molecule has 6 nitrogen and oxygen atoms in total. The number of hydrogen-bond donors (Lipinski definition) is 1. The number of nitrogens with one attached hydrogen (secondary N) is 1. The Morgan fingerprint density at radius 3 is 2.88 bits per heavy atom. The number of aromatic amines is 1. The van der Waals surface area contributed by atoms with Crippen LogP contribution in [-0.4, -0.2) is 20.2 Å². The van der Waals surface area contributed by atoms with Gasteiger partial charge < -0.3 is 9.40 Å². The average Bonchev–Trinajstić information content (AvgIpc) is 3.10. The minimum atomic E-state index is -0.438. The van der Waals surface area contributed by atoms with Crippen molar-refractivity contribution in [1.29, 1.82) is 0 Å². The van der Waals surface area contributed by atoms with E-state index in [1.807, 2.05) is 0 Å². The molecule has 1 N–H and O–H groups in total. The van der Waals surface area contributed by atoms with E-state index in [0.717, 1.165) is 0 Å². The molecule has 0 aliphatic rings. The molecule has 0 radical (unpaired) electrons. The van der Waals surface area contributed by atoms with Gasteiger partial charge in [-0.2, -0.15) is 0 Å². The first-order valence-electron chi connectivity index (χ1n) is 7.50. The van der Waals surface area contributed by atoms with Gasteiger partial charge >= 0.3 is 0 Å². The molecule has 2 aromatic carbocycles. The summed E-state index contributed by atoms with van der Waals surface area (Å²) in [5.41, 5.74) is 0.512. The van der Waals surface area contributed by atoms with E-state index in [1.54, 1.807) is 36.4 Å². The van der Waals surface area contributed by atoms with E-state index in [9.17, 15) is 9.18 Å². The summed E-state index contributed by atoms with van der Waals surface area (Å²) >= 11 is 7.09.